The summed E-state index contributed by atoms with van der Waals surface area (Å²) in [5, 5.41) is 0.404. The summed E-state index contributed by atoms with van der Waals surface area (Å²) in [5.41, 5.74) is 6.55. The number of carbonyl (C=O) groups excluding carboxylic acids is 1. The van der Waals surface area contributed by atoms with Crippen LogP contribution in [-0.4, -0.2) is 36.7 Å². The summed E-state index contributed by atoms with van der Waals surface area (Å²) in [7, 11) is 0. The minimum absolute atomic E-state index is 0. The molecule has 5 nitrogen and oxygen atoms in total. The fourth-order valence-electron chi connectivity index (χ4n) is 2.82. The summed E-state index contributed by atoms with van der Waals surface area (Å²) in [4.78, 5) is 14.5. The highest BCUT2D eigenvalue weighted by atomic mass is 35.5. The lowest BCUT2D eigenvalue weighted by molar-refractivity contribution is 0.0532. The lowest BCUT2D eigenvalue weighted by atomic mass is 9.79. The number of piperidine rings is 1. The second-order valence-electron chi connectivity index (χ2n) is 6.30. The molecule has 2 aliphatic heterocycles. The molecule has 1 fully saturated rings. The SMILES string of the molecule is CC1(C)CN(C(=O)c2cc(Cl)c3c(c2)OCO3)CCC1N.Cl. The van der Waals surface area contributed by atoms with Gasteiger partial charge in [0.25, 0.3) is 5.91 Å². The van der Waals surface area contributed by atoms with Gasteiger partial charge in [-0.1, -0.05) is 25.4 Å². The Balaban J connectivity index is 0.00000176. The van der Waals surface area contributed by atoms with E-state index in [0.717, 1.165) is 6.42 Å². The Labute approximate surface area is 141 Å². The molecule has 0 aromatic heterocycles. The van der Waals surface area contributed by atoms with Crippen molar-refractivity contribution in [1.82, 2.24) is 4.90 Å². The number of hydrogen-bond acceptors (Lipinski definition) is 4. The molecule has 1 atom stereocenters. The topological polar surface area (TPSA) is 64.8 Å². The van der Waals surface area contributed by atoms with Crippen LogP contribution in [0.25, 0.3) is 0 Å². The number of nitrogens with two attached hydrogens (primary N) is 1. The third-order valence-corrected chi connectivity index (χ3v) is 4.55. The first-order valence-electron chi connectivity index (χ1n) is 7.02. The molecule has 1 aromatic rings. The van der Waals surface area contributed by atoms with Crippen LogP contribution in [0.4, 0.5) is 0 Å². The molecule has 0 radical (unpaired) electrons. The highest BCUT2D eigenvalue weighted by molar-refractivity contribution is 6.32. The van der Waals surface area contributed by atoms with Gasteiger partial charge in [0.1, 0.15) is 0 Å². The van der Waals surface area contributed by atoms with Crippen molar-refractivity contribution in [1.29, 1.82) is 0 Å². The Bertz CT molecular complexity index is 592. The molecule has 7 heteroatoms. The third-order valence-electron chi connectivity index (χ3n) is 4.27. The second-order valence-corrected chi connectivity index (χ2v) is 6.71. The van der Waals surface area contributed by atoms with Gasteiger partial charge in [0, 0.05) is 24.7 Å². The van der Waals surface area contributed by atoms with Crippen LogP contribution in [-0.2, 0) is 0 Å². The van der Waals surface area contributed by atoms with Crippen molar-refractivity contribution in [2.24, 2.45) is 11.1 Å². The van der Waals surface area contributed by atoms with E-state index in [2.05, 4.69) is 13.8 Å². The van der Waals surface area contributed by atoms with Gasteiger partial charge in [0.05, 0.1) is 5.02 Å². The van der Waals surface area contributed by atoms with Gasteiger partial charge in [0.15, 0.2) is 11.5 Å². The van der Waals surface area contributed by atoms with Gasteiger partial charge in [-0.3, -0.25) is 4.79 Å². The van der Waals surface area contributed by atoms with Gasteiger partial charge in [-0.2, -0.15) is 0 Å². The predicted molar refractivity (Wildman–Crippen MR) is 87.1 cm³/mol. The quantitative estimate of drug-likeness (QED) is 0.848. The van der Waals surface area contributed by atoms with Gasteiger partial charge in [-0.05, 0) is 24.0 Å². The lowest BCUT2D eigenvalue weighted by Crippen LogP contribution is -2.54. The number of rotatable bonds is 1. The number of ether oxygens (including phenoxy) is 2. The third kappa shape index (κ3) is 2.98. The molecule has 1 amide bonds. The zero-order valence-electron chi connectivity index (χ0n) is 12.6. The number of hydrogen-bond donors (Lipinski definition) is 1. The number of halogens is 2. The van der Waals surface area contributed by atoms with E-state index < -0.39 is 0 Å². The molecule has 2 N–H and O–H groups in total. The van der Waals surface area contributed by atoms with E-state index in [9.17, 15) is 4.79 Å². The van der Waals surface area contributed by atoms with Crippen LogP contribution >= 0.6 is 24.0 Å². The van der Waals surface area contributed by atoms with Crippen LogP contribution in [0.15, 0.2) is 12.1 Å². The maximum atomic E-state index is 12.7. The zero-order chi connectivity index (χ0) is 15.2. The van der Waals surface area contributed by atoms with E-state index in [0.29, 0.717) is 35.2 Å². The van der Waals surface area contributed by atoms with Crippen molar-refractivity contribution < 1.29 is 14.3 Å². The minimum atomic E-state index is -0.0892. The van der Waals surface area contributed by atoms with Crippen molar-refractivity contribution in [2.45, 2.75) is 26.3 Å². The van der Waals surface area contributed by atoms with Crippen molar-refractivity contribution in [3.8, 4) is 11.5 Å². The summed E-state index contributed by atoms with van der Waals surface area (Å²) in [6, 6.07) is 3.44. The molecule has 0 spiro atoms. The fraction of sp³-hybridized carbons (Fsp3) is 0.533. The number of amides is 1. The molecule has 2 aliphatic rings. The summed E-state index contributed by atoms with van der Waals surface area (Å²) >= 11 is 6.14. The van der Waals surface area contributed by atoms with Crippen LogP contribution in [0, 0.1) is 5.41 Å². The minimum Gasteiger partial charge on any atom is -0.454 e. The largest absolute Gasteiger partial charge is 0.454 e. The molecule has 0 aliphatic carbocycles. The van der Waals surface area contributed by atoms with Crippen molar-refractivity contribution >= 4 is 29.9 Å². The Morgan fingerprint density at radius 2 is 2.14 bits per heavy atom. The van der Waals surface area contributed by atoms with Crippen molar-refractivity contribution in [3.05, 3.63) is 22.7 Å². The maximum Gasteiger partial charge on any atom is 0.254 e. The molecule has 22 heavy (non-hydrogen) atoms. The van der Waals surface area contributed by atoms with Crippen LogP contribution in [0.3, 0.4) is 0 Å². The first-order chi connectivity index (χ1) is 9.88. The average molecular weight is 347 g/mol. The molecule has 2 heterocycles. The molecule has 3 rings (SSSR count). The van der Waals surface area contributed by atoms with E-state index in [1.165, 1.54) is 0 Å². The predicted octanol–water partition coefficient (Wildman–Crippen LogP) is 2.69. The maximum absolute atomic E-state index is 12.7. The summed E-state index contributed by atoms with van der Waals surface area (Å²) in [6.45, 7) is 5.61. The molecule has 0 saturated carbocycles. The smallest absolute Gasteiger partial charge is 0.254 e. The van der Waals surface area contributed by atoms with E-state index in [1.807, 2.05) is 4.90 Å². The van der Waals surface area contributed by atoms with Crippen LogP contribution in [0.1, 0.15) is 30.6 Å². The van der Waals surface area contributed by atoms with Gasteiger partial charge in [-0.15, -0.1) is 12.4 Å². The van der Waals surface area contributed by atoms with Crippen LogP contribution in [0.5, 0.6) is 11.5 Å². The highest BCUT2D eigenvalue weighted by Gasteiger charge is 2.36. The number of nitrogens with zero attached hydrogens (tertiary/aromatic N) is 1. The van der Waals surface area contributed by atoms with Crippen molar-refractivity contribution in [3.63, 3.8) is 0 Å². The molecule has 1 saturated heterocycles. The van der Waals surface area contributed by atoms with Crippen LogP contribution < -0.4 is 15.2 Å². The normalized spacial score (nSPS) is 22.2. The summed E-state index contributed by atoms with van der Waals surface area (Å²) in [6.07, 6.45) is 0.803. The monoisotopic (exact) mass is 346 g/mol. The Morgan fingerprint density at radius 3 is 2.82 bits per heavy atom. The van der Waals surface area contributed by atoms with Crippen molar-refractivity contribution in [2.75, 3.05) is 19.9 Å². The Kier molecular flexibility index (Phi) is 4.80. The number of likely N-dealkylation sites (tertiary alicyclic amines) is 1. The summed E-state index contributed by atoms with van der Waals surface area (Å²) < 4.78 is 10.6. The molecule has 122 valence electrons. The Morgan fingerprint density at radius 1 is 1.41 bits per heavy atom. The molecule has 0 bridgehead atoms. The summed E-state index contributed by atoms with van der Waals surface area (Å²) in [5.74, 6) is 0.989. The standard InChI is InChI=1S/C15H19ClN2O3.ClH/c1-15(2)7-18(4-3-12(15)17)14(19)9-5-10(16)13-11(6-9)20-8-21-13;/h5-6,12H,3-4,7-8,17H2,1-2H3;1H. The van der Waals surface area contributed by atoms with E-state index in [4.69, 9.17) is 26.8 Å². The first-order valence-corrected chi connectivity index (χ1v) is 7.40. The lowest BCUT2D eigenvalue weighted by Gasteiger charge is -2.42. The molecular weight excluding hydrogens is 327 g/mol. The van der Waals surface area contributed by atoms with Gasteiger partial charge in [-0.25, -0.2) is 0 Å². The van der Waals surface area contributed by atoms with Gasteiger partial charge < -0.3 is 20.1 Å². The van der Waals surface area contributed by atoms with E-state index in [1.54, 1.807) is 12.1 Å². The second kappa shape index (κ2) is 6.14. The molecule has 1 aromatic carbocycles. The van der Waals surface area contributed by atoms with Crippen LogP contribution in [0.2, 0.25) is 5.02 Å². The molecule has 1 unspecified atom stereocenters. The number of benzene rings is 1. The van der Waals surface area contributed by atoms with Gasteiger partial charge in [0.2, 0.25) is 6.79 Å². The van der Waals surface area contributed by atoms with Gasteiger partial charge >= 0.3 is 0 Å². The number of fused-ring (bicyclic) bond motifs is 1. The Hall–Kier alpha value is -1.17. The fourth-order valence-corrected chi connectivity index (χ4v) is 3.09. The zero-order valence-corrected chi connectivity index (χ0v) is 14.2. The van der Waals surface area contributed by atoms with E-state index >= 15 is 0 Å². The highest BCUT2D eigenvalue weighted by Crippen LogP contribution is 2.40. The van der Waals surface area contributed by atoms with E-state index in [-0.39, 0.29) is 36.6 Å². The first kappa shape index (κ1) is 17.2. The number of carbonyl (C=O) groups is 1. The molecular formula is C15H20Cl2N2O3. The average Bonchev–Trinajstić information content (AvgIpc) is 2.90.